The van der Waals surface area contributed by atoms with Gasteiger partial charge in [-0.1, -0.05) is 18.2 Å². The summed E-state index contributed by atoms with van der Waals surface area (Å²) in [4.78, 5) is 26.3. The molecule has 130 valence electrons. The smallest absolute Gasteiger partial charge is 0.271 e. The summed E-state index contributed by atoms with van der Waals surface area (Å²) in [7, 11) is 0. The van der Waals surface area contributed by atoms with Crippen molar-refractivity contribution in [1.29, 1.82) is 0 Å². The molecule has 6 heteroatoms. The van der Waals surface area contributed by atoms with Crippen molar-refractivity contribution >= 4 is 35.1 Å². The van der Waals surface area contributed by atoms with E-state index in [0.717, 1.165) is 4.88 Å². The maximum Gasteiger partial charge on any atom is 0.271 e. The number of nitrogens with zero attached hydrogens (tertiary/aromatic N) is 1. The van der Waals surface area contributed by atoms with Crippen LogP contribution in [-0.4, -0.2) is 18.0 Å². The van der Waals surface area contributed by atoms with Crippen LogP contribution in [0.4, 0.5) is 5.69 Å². The molecule has 0 saturated heterocycles. The van der Waals surface area contributed by atoms with Gasteiger partial charge < -0.3 is 5.32 Å². The highest BCUT2D eigenvalue weighted by Crippen LogP contribution is 2.13. The summed E-state index contributed by atoms with van der Waals surface area (Å²) >= 11 is 1.60. The number of carbonyl (C=O) groups excluding carboxylic acids is 2. The van der Waals surface area contributed by atoms with Crippen LogP contribution in [0.15, 0.2) is 71.8 Å². The molecule has 0 aliphatic heterocycles. The largest absolute Gasteiger partial charge is 0.322 e. The predicted molar refractivity (Wildman–Crippen MR) is 105 cm³/mol. The van der Waals surface area contributed by atoms with Crippen LogP contribution in [-0.2, 0) is 0 Å². The molecule has 26 heavy (non-hydrogen) atoms. The number of amides is 2. The van der Waals surface area contributed by atoms with E-state index in [1.54, 1.807) is 66.1 Å². The summed E-state index contributed by atoms with van der Waals surface area (Å²) in [6.45, 7) is 2.01. The van der Waals surface area contributed by atoms with E-state index < -0.39 is 0 Å². The van der Waals surface area contributed by atoms with Gasteiger partial charge in [0.1, 0.15) is 0 Å². The molecule has 3 aromatic rings. The van der Waals surface area contributed by atoms with E-state index in [-0.39, 0.29) is 11.8 Å². The predicted octanol–water partition coefficient (Wildman–Crippen LogP) is 4.07. The topological polar surface area (TPSA) is 70.6 Å². The van der Waals surface area contributed by atoms with Crippen molar-refractivity contribution in [1.82, 2.24) is 5.43 Å². The maximum absolute atomic E-state index is 12.1. The van der Waals surface area contributed by atoms with Gasteiger partial charge >= 0.3 is 0 Å². The average Bonchev–Trinajstić information content (AvgIpc) is 3.08. The summed E-state index contributed by atoms with van der Waals surface area (Å²) in [5.41, 5.74) is 4.15. The Morgan fingerprint density at radius 2 is 1.58 bits per heavy atom. The van der Waals surface area contributed by atoms with Gasteiger partial charge in [0.15, 0.2) is 0 Å². The molecule has 0 radical (unpaired) electrons. The molecule has 0 unspecified atom stereocenters. The van der Waals surface area contributed by atoms with Crippen molar-refractivity contribution in [2.75, 3.05) is 5.32 Å². The van der Waals surface area contributed by atoms with Crippen molar-refractivity contribution in [2.45, 2.75) is 6.92 Å². The lowest BCUT2D eigenvalue weighted by atomic mass is 10.2. The Hall–Kier alpha value is -3.25. The Morgan fingerprint density at radius 3 is 2.23 bits per heavy atom. The first-order valence-electron chi connectivity index (χ1n) is 7.98. The first-order chi connectivity index (χ1) is 12.6. The van der Waals surface area contributed by atoms with Gasteiger partial charge in [0.05, 0.1) is 6.21 Å². The van der Waals surface area contributed by atoms with Gasteiger partial charge in [-0.25, -0.2) is 5.43 Å². The molecule has 0 aliphatic rings. The number of benzene rings is 2. The molecule has 0 aliphatic carbocycles. The zero-order valence-corrected chi connectivity index (χ0v) is 14.9. The molecule has 5 nitrogen and oxygen atoms in total. The second kappa shape index (κ2) is 8.22. The summed E-state index contributed by atoms with van der Waals surface area (Å²) in [5.74, 6) is -0.505. The second-order valence-corrected chi connectivity index (χ2v) is 6.86. The van der Waals surface area contributed by atoms with Crippen molar-refractivity contribution in [3.63, 3.8) is 0 Å². The minimum Gasteiger partial charge on any atom is -0.322 e. The summed E-state index contributed by atoms with van der Waals surface area (Å²) < 4.78 is 0. The summed E-state index contributed by atoms with van der Waals surface area (Å²) in [6, 6.07) is 19.5. The van der Waals surface area contributed by atoms with Crippen LogP contribution in [0.3, 0.4) is 0 Å². The number of thiophene rings is 1. The first kappa shape index (κ1) is 17.6. The number of carbonyl (C=O) groups is 2. The Labute approximate surface area is 155 Å². The molecule has 0 saturated carbocycles. The Balaban J connectivity index is 1.57. The minimum absolute atomic E-state index is 0.196. The zero-order chi connectivity index (χ0) is 18.4. The number of hydrazone groups is 1. The molecule has 0 spiro atoms. The van der Waals surface area contributed by atoms with Gasteiger partial charge in [0.25, 0.3) is 11.8 Å². The van der Waals surface area contributed by atoms with Crippen molar-refractivity contribution in [3.05, 3.63) is 87.6 Å². The van der Waals surface area contributed by atoms with E-state index in [1.165, 1.54) is 4.88 Å². The van der Waals surface area contributed by atoms with Crippen LogP contribution in [0, 0.1) is 6.92 Å². The van der Waals surface area contributed by atoms with Crippen LogP contribution in [0.1, 0.15) is 30.5 Å². The zero-order valence-electron chi connectivity index (χ0n) is 14.1. The van der Waals surface area contributed by atoms with Gasteiger partial charge in [0.2, 0.25) is 0 Å². The summed E-state index contributed by atoms with van der Waals surface area (Å²) in [5, 5.41) is 6.75. The fourth-order valence-corrected chi connectivity index (χ4v) is 2.99. The first-order valence-corrected chi connectivity index (χ1v) is 8.80. The van der Waals surface area contributed by atoms with Gasteiger partial charge in [-0.2, -0.15) is 5.10 Å². The highest BCUT2D eigenvalue weighted by Gasteiger charge is 2.07. The van der Waals surface area contributed by atoms with E-state index >= 15 is 0 Å². The van der Waals surface area contributed by atoms with Crippen LogP contribution >= 0.6 is 11.3 Å². The number of hydrogen-bond donors (Lipinski definition) is 2. The van der Waals surface area contributed by atoms with Crippen LogP contribution in [0.5, 0.6) is 0 Å². The van der Waals surface area contributed by atoms with Crippen LogP contribution in [0.25, 0.3) is 0 Å². The minimum atomic E-state index is -0.310. The van der Waals surface area contributed by atoms with Gasteiger partial charge in [0, 0.05) is 26.6 Å². The van der Waals surface area contributed by atoms with E-state index in [9.17, 15) is 9.59 Å². The Kier molecular flexibility index (Phi) is 5.56. The van der Waals surface area contributed by atoms with Crippen LogP contribution in [0.2, 0.25) is 0 Å². The van der Waals surface area contributed by atoms with E-state index in [2.05, 4.69) is 15.8 Å². The fourth-order valence-electron chi connectivity index (χ4n) is 2.24. The number of hydrogen-bond acceptors (Lipinski definition) is 4. The maximum atomic E-state index is 12.1. The quantitative estimate of drug-likeness (QED) is 0.530. The Morgan fingerprint density at radius 1 is 0.885 bits per heavy atom. The molecule has 0 bridgehead atoms. The van der Waals surface area contributed by atoms with E-state index in [1.807, 2.05) is 25.1 Å². The Bertz CT molecular complexity index is 931. The molecule has 1 heterocycles. The van der Waals surface area contributed by atoms with E-state index in [4.69, 9.17) is 0 Å². The molecule has 2 aromatic carbocycles. The van der Waals surface area contributed by atoms with Crippen molar-refractivity contribution < 1.29 is 9.59 Å². The lowest BCUT2D eigenvalue weighted by Gasteiger charge is -2.06. The molecule has 3 rings (SSSR count). The monoisotopic (exact) mass is 363 g/mol. The average molecular weight is 363 g/mol. The number of anilines is 1. The highest BCUT2D eigenvalue weighted by atomic mass is 32.1. The van der Waals surface area contributed by atoms with Crippen molar-refractivity contribution in [2.24, 2.45) is 5.10 Å². The lowest BCUT2D eigenvalue weighted by Crippen LogP contribution is -2.17. The third kappa shape index (κ3) is 4.64. The van der Waals surface area contributed by atoms with Gasteiger partial charge in [-0.3, -0.25) is 9.59 Å². The summed E-state index contributed by atoms with van der Waals surface area (Å²) in [6.07, 6.45) is 1.62. The molecular weight excluding hydrogens is 346 g/mol. The third-order valence-electron chi connectivity index (χ3n) is 3.56. The van der Waals surface area contributed by atoms with Gasteiger partial charge in [-0.05, 0) is 55.5 Å². The second-order valence-electron chi connectivity index (χ2n) is 5.55. The van der Waals surface area contributed by atoms with Crippen molar-refractivity contribution in [3.8, 4) is 0 Å². The fraction of sp³-hybridized carbons (Fsp3) is 0.0500. The molecule has 1 aromatic heterocycles. The lowest BCUT2D eigenvalue weighted by molar-refractivity contribution is 0.0954. The SMILES string of the molecule is Cc1ccc(/C=N/NC(=O)c2ccc(NC(=O)c3ccccc3)cc2)s1. The number of rotatable bonds is 5. The number of aryl methyl sites for hydroxylation is 1. The normalized spacial score (nSPS) is 10.7. The molecular formula is C20H17N3O2S. The van der Waals surface area contributed by atoms with Gasteiger partial charge in [-0.15, -0.1) is 11.3 Å². The molecule has 2 N–H and O–H groups in total. The van der Waals surface area contributed by atoms with Crippen LogP contribution < -0.4 is 10.7 Å². The van der Waals surface area contributed by atoms with E-state index in [0.29, 0.717) is 16.8 Å². The molecule has 0 fully saturated rings. The standard InChI is InChI=1S/C20H17N3O2S/c1-14-7-12-18(26-14)13-21-23-20(25)16-8-10-17(11-9-16)22-19(24)15-5-3-2-4-6-15/h2-13H,1H3,(H,22,24)(H,23,25)/b21-13+. The number of nitrogens with one attached hydrogen (secondary N) is 2. The third-order valence-corrected chi connectivity index (χ3v) is 4.50. The highest BCUT2D eigenvalue weighted by molar-refractivity contribution is 7.13. The molecule has 0 atom stereocenters. The molecule has 2 amide bonds.